The maximum Gasteiger partial charge on any atom is 0.310 e. The fraction of sp³-hybridized carbons (Fsp3) is 0.333. The molecule has 0 N–H and O–H groups in total. The Hall–Kier alpha value is -1.34. The Labute approximate surface area is 103 Å². The lowest BCUT2D eigenvalue weighted by atomic mass is 9.97. The van der Waals surface area contributed by atoms with E-state index in [1.165, 1.54) is 7.11 Å². The van der Waals surface area contributed by atoms with Gasteiger partial charge in [-0.3, -0.25) is 4.79 Å². The number of methoxy groups -OCH3 is 1. The number of rotatable bonds is 3. The fourth-order valence-corrected chi connectivity index (χ4v) is 2.22. The summed E-state index contributed by atoms with van der Waals surface area (Å²) < 4.78 is 5.55. The molecule has 0 radical (unpaired) electrons. The highest BCUT2D eigenvalue weighted by molar-refractivity contribution is 9.10. The molecule has 16 heavy (non-hydrogen) atoms. The molecule has 0 saturated carbocycles. The molecule has 1 aromatic carbocycles. The van der Waals surface area contributed by atoms with Crippen molar-refractivity contribution in [2.24, 2.45) is 0 Å². The van der Waals surface area contributed by atoms with Gasteiger partial charge in [0.25, 0.3) is 0 Å². The van der Waals surface area contributed by atoms with Crippen LogP contribution in [0.2, 0.25) is 0 Å². The van der Waals surface area contributed by atoms with E-state index in [0.717, 1.165) is 22.0 Å². The monoisotopic (exact) mass is 281 g/mol. The van der Waals surface area contributed by atoms with E-state index >= 15 is 0 Å². The van der Waals surface area contributed by atoms with Crippen molar-refractivity contribution >= 4 is 21.9 Å². The minimum Gasteiger partial charge on any atom is -0.469 e. The van der Waals surface area contributed by atoms with Crippen LogP contribution in [-0.4, -0.2) is 13.1 Å². The molecule has 0 saturated heterocycles. The summed E-state index contributed by atoms with van der Waals surface area (Å²) in [6, 6.07) is 5.64. The van der Waals surface area contributed by atoms with Crippen molar-refractivity contribution in [1.82, 2.24) is 0 Å². The number of halogens is 1. The van der Waals surface area contributed by atoms with Gasteiger partial charge in [0, 0.05) is 4.47 Å². The number of nitrogens with zero attached hydrogens (tertiary/aromatic N) is 1. The lowest BCUT2D eigenvalue weighted by Gasteiger charge is -2.10. The van der Waals surface area contributed by atoms with Gasteiger partial charge >= 0.3 is 5.97 Å². The zero-order chi connectivity index (χ0) is 12.1. The van der Waals surface area contributed by atoms with E-state index in [1.54, 1.807) is 6.07 Å². The van der Waals surface area contributed by atoms with Crippen LogP contribution in [0.4, 0.5) is 0 Å². The summed E-state index contributed by atoms with van der Waals surface area (Å²) in [5.41, 5.74) is 2.28. The van der Waals surface area contributed by atoms with Crippen LogP contribution < -0.4 is 0 Å². The van der Waals surface area contributed by atoms with Crippen molar-refractivity contribution in [2.45, 2.75) is 19.8 Å². The molecule has 0 aliphatic heterocycles. The first-order chi connectivity index (χ1) is 7.63. The van der Waals surface area contributed by atoms with Gasteiger partial charge in [0.2, 0.25) is 0 Å². The highest BCUT2D eigenvalue weighted by atomic mass is 79.9. The summed E-state index contributed by atoms with van der Waals surface area (Å²) in [6.45, 7) is 1.99. The van der Waals surface area contributed by atoms with E-state index in [2.05, 4.69) is 26.7 Å². The van der Waals surface area contributed by atoms with Crippen molar-refractivity contribution in [3.63, 3.8) is 0 Å². The van der Waals surface area contributed by atoms with Crippen molar-refractivity contribution < 1.29 is 9.53 Å². The van der Waals surface area contributed by atoms with Crippen LogP contribution >= 0.6 is 15.9 Å². The number of benzene rings is 1. The largest absolute Gasteiger partial charge is 0.469 e. The molecule has 0 atom stereocenters. The molecule has 0 aliphatic rings. The first kappa shape index (κ1) is 12.7. The Balaban J connectivity index is 3.26. The second-order valence-electron chi connectivity index (χ2n) is 3.27. The van der Waals surface area contributed by atoms with Crippen LogP contribution in [0.25, 0.3) is 0 Å². The summed E-state index contributed by atoms with van der Waals surface area (Å²) >= 11 is 3.42. The minimum atomic E-state index is -0.329. The standard InChI is InChI=1S/C12H12BrNO2/c1-3-9-10(6-12(15)16-2)8(7-14)4-5-11(9)13/h4-5H,3,6H2,1-2H3. The van der Waals surface area contributed by atoms with E-state index < -0.39 is 0 Å². The summed E-state index contributed by atoms with van der Waals surface area (Å²) in [4.78, 5) is 11.3. The van der Waals surface area contributed by atoms with Crippen LogP contribution in [0.1, 0.15) is 23.6 Å². The SMILES string of the molecule is CCc1c(Br)ccc(C#N)c1CC(=O)OC. The summed E-state index contributed by atoms with van der Waals surface area (Å²) in [7, 11) is 1.35. The number of carbonyl (C=O) groups excluding carboxylic acids is 1. The average Bonchev–Trinajstić information content (AvgIpc) is 2.29. The Morgan fingerprint density at radius 2 is 2.19 bits per heavy atom. The van der Waals surface area contributed by atoms with Crippen molar-refractivity contribution in [2.75, 3.05) is 7.11 Å². The van der Waals surface area contributed by atoms with Gasteiger partial charge in [-0.25, -0.2) is 0 Å². The van der Waals surface area contributed by atoms with Gasteiger partial charge in [-0.1, -0.05) is 22.9 Å². The molecule has 1 rings (SSSR count). The molecule has 0 aromatic heterocycles. The molecule has 4 heteroatoms. The first-order valence-electron chi connectivity index (χ1n) is 4.91. The maximum absolute atomic E-state index is 11.3. The average molecular weight is 282 g/mol. The number of ether oxygens (including phenoxy) is 1. The third kappa shape index (κ3) is 2.61. The minimum absolute atomic E-state index is 0.141. The normalized spacial score (nSPS) is 9.62. The summed E-state index contributed by atoms with van der Waals surface area (Å²) in [6.07, 6.45) is 0.907. The molecular weight excluding hydrogens is 270 g/mol. The number of carbonyl (C=O) groups is 1. The first-order valence-corrected chi connectivity index (χ1v) is 5.70. The van der Waals surface area contributed by atoms with E-state index in [4.69, 9.17) is 5.26 Å². The third-order valence-corrected chi connectivity index (χ3v) is 3.14. The Morgan fingerprint density at radius 3 is 2.69 bits per heavy atom. The number of hydrogen-bond acceptors (Lipinski definition) is 3. The van der Waals surface area contributed by atoms with Gasteiger partial charge in [-0.2, -0.15) is 5.26 Å². The van der Waals surface area contributed by atoms with E-state index in [1.807, 2.05) is 13.0 Å². The second kappa shape index (κ2) is 5.66. The quantitative estimate of drug-likeness (QED) is 0.801. The molecule has 0 spiro atoms. The molecule has 84 valence electrons. The lowest BCUT2D eigenvalue weighted by molar-refractivity contribution is -0.139. The fourth-order valence-electron chi connectivity index (χ4n) is 1.57. The maximum atomic E-state index is 11.3. The molecule has 0 bridgehead atoms. The molecule has 0 aliphatic carbocycles. The van der Waals surface area contributed by atoms with Crippen molar-refractivity contribution in [1.29, 1.82) is 5.26 Å². The van der Waals surface area contributed by atoms with E-state index in [0.29, 0.717) is 5.56 Å². The molecule has 3 nitrogen and oxygen atoms in total. The number of esters is 1. The van der Waals surface area contributed by atoms with E-state index in [9.17, 15) is 4.79 Å². The number of hydrogen-bond donors (Lipinski definition) is 0. The van der Waals surface area contributed by atoms with Crippen LogP contribution in [0, 0.1) is 11.3 Å². The van der Waals surface area contributed by atoms with Crippen LogP contribution in [0.15, 0.2) is 16.6 Å². The van der Waals surface area contributed by atoms with Gasteiger partial charge in [-0.05, 0) is 29.7 Å². The topological polar surface area (TPSA) is 50.1 Å². The zero-order valence-electron chi connectivity index (χ0n) is 9.21. The Bertz CT molecular complexity index is 449. The van der Waals surface area contributed by atoms with Gasteiger partial charge in [0.05, 0.1) is 25.2 Å². The number of nitriles is 1. The van der Waals surface area contributed by atoms with Crippen molar-refractivity contribution in [3.8, 4) is 6.07 Å². The zero-order valence-corrected chi connectivity index (χ0v) is 10.8. The van der Waals surface area contributed by atoms with Crippen LogP contribution in [0.5, 0.6) is 0 Å². The van der Waals surface area contributed by atoms with Crippen LogP contribution in [-0.2, 0) is 22.4 Å². The van der Waals surface area contributed by atoms with Gasteiger partial charge in [-0.15, -0.1) is 0 Å². The predicted molar refractivity (Wildman–Crippen MR) is 64.0 cm³/mol. The summed E-state index contributed by atoms with van der Waals surface area (Å²) in [5, 5.41) is 9.00. The van der Waals surface area contributed by atoms with Gasteiger partial charge < -0.3 is 4.74 Å². The molecule has 0 fully saturated rings. The van der Waals surface area contributed by atoms with E-state index in [-0.39, 0.29) is 12.4 Å². The highest BCUT2D eigenvalue weighted by Crippen LogP contribution is 2.25. The van der Waals surface area contributed by atoms with Crippen LogP contribution in [0.3, 0.4) is 0 Å². The molecular formula is C12H12BrNO2. The molecule has 1 aromatic rings. The smallest absolute Gasteiger partial charge is 0.310 e. The van der Waals surface area contributed by atoms with Gasteiger partial charge in [0.15, 0.2) is 0 Å². The molecule has 0 heterocycles. The lowest BCUT2D eigenvalue weighted by Crippen LogP contribution is -2.09. The highest BCUT2D eigenvalue weighted by Gasteiger charge is 2.14. The Morgan fingerprint density at radius 1 is 1.50 bits per heavy atom. The summed E-state index contributed by atoms with van der Waals surface area (Å²) in [5.74, 6) is -0.329. The Kier molecular flexibility index (Phi) is 4.51. The molecule has 0 unspecified atom stereocenters. The molecule has 0 amide bonds. The second-order valence-corrected chi connectivity index (χ2v) is 4.12. The van der Waals surface area contributed by atoms with Crippen molar-refractivity contribution in [3.05, 3.63) is 33.3 Å². The predicted octanol–water partition coefficient (Wildman–Crippen LogP) is 2.60. The third-order valence-electron chi connectivity index (χ3n) is 2.40. The van der Waals surface area contributed by atoms with Gasteiger partial charge in [0.1, 0.15) is 0 Å².